The molecule has 0 radical (unpaired) electrons. The average Bonchev–Trinajstić information content (AvgIpc) is 3.46. The Labute approximate surface area is 209 Å². The van der Waals surface area contributed by atoms with E-state index in [0.717, 1.165) is 12.2 Å². The van der Waals surface area contributed by atoms with Crippen molar-refractivity contribution >= 4 is 47.8 Å². The van der Waals surface area contributed by atoms with E-state index in [1.54, 1.807) is 36.0 Å². The fourth-order valence-electron chi connectivity index (χ4n) is 3.66. The first-order valence-corrected chi connectivity index (χ1v) is 15.1. The molecule has 1 aliphatic heterocycles. The maximum absolute atomic E-state index is 12.9. The molecule has 1 aromatic heterocycles. The zero-order valence-electron chi connectivity index (χ0n) is 20.6. The van der Waals surface area contributed by atoms with Gasteiger partial charge in [-0.1, -0.05) is 46.0 Å². The highest BCUT2D eigenvalue weighted by Crippen LogP contribution is 2.32. The van der Waals surface area contributed by atoms with Crippen molar-refractivity contribution in [3.05, 3.63) is 24.2 Å². The minimum absolute atomic E-state index is 0.0340. The van der Waals surface area contributed by atoms with Crippen LogP contribution >= 0.6 is 36.2 Å². The van der Waals surface area contributed by atoms with Crippen molar-refractivity contribution in [2.75, 3.05) is 25.4 Å². The molecule has 186 valence electrons. The van der Waals surface area contributed by atoms with Crippen LogP contribution in [0.25, 0.3) is 0 Å². The van der Waals surface area contributed by atoms with Gasteiger partial charge in [0.2, 0.25) is 5.91 Å². The minimum atomic E-state index is -0.509. The van der Waals surface area contributed by atoms with E-state index < -0.39 is 6.04 Å². The Hall–Kier alpha value is -0.570. The Balaban J connectivity index is 0.00000124. The van der Waals surface area contributed by atoms with E-state index in [9.17, 15) is 9.59 Å². The minimum Gasteiger partial charge on any atom is -0.468 e. The maximum Gasteiger partial charge on any atom is 0.233 e. The number of ether oxygens (including phenoxy) is 1. The van der Waals surface area contributed by atoms with Crippen molar-refractivity contribution in [3.8, 4) is 0 Å². The third-order valence-corrected chi connectivity index (χ3v) is 6.43. The molecule has 2 fully saturated rings. The molecule has 1 aliphatic carbocycles. The number of carbonyl (C=O) groups is 2. The van der Waals surface area contributed by atoms with Crippen molar-refractivity contribution in [2.24, 2.45) is 5.92 Å². The first-order valence-electron chi connectivity index (χ1n) is 11.5. The fraction of sp³-hybridized carbons (Fsp3) is 0.750. The number of hydrogen-bond donors (Lipinski definition) is 2. The van der Waals surface area contributed by atoms with Gasteiger partial charge in [0.15, 0.2) is 5.78 Å². The quantitative estimate of drug-likeness (QED) is 0.451. The number of Topliss-reactive ketones (excluding diaryl/α,β-unsaturated/α-hetero) is 1. The summed E-state index contributed by atoms with van der Waals surface area (Å²) in [7, 11) is 0. The van der Waals surface area contributed by atoms with Crippen molar-refractivity contribution in [1.82, 2.24) is 5.32 Å². The summed E-state index contributed by atoms with van der Waals surface area (Å²) in [5.74, 6) is 2.07. The number of thioether (sulfide) groups is 2. The number of furan rings is 1. The molecule has 0 aromatic carbocycles. The van der Waals surface area contributed by atoms with Crippen LogP contribution in [0.2, 0.25) is 0 Å². The van der Waals surface area contributed by atoms with Crippen LogP contribution in [0.5, 0.6) is 0 Å². The number of carbonyl (C=O) groups excluding carboxylic acids is 2. The first-order chi connectivity index (χ1) is 15.5. The zero-order chi connectivity index (χ0) is 24.4. The normalized spacial score (nSPS) is 21.2. The van der Waals surface area contributed by atoms with Crippen LogP contribution in [0.1, 0.15) is 65.1 Å². The van der Waals surface area contributed by atoms with E-state index in [0.29, 0.717) is 11.7 Å². The predicted octanol–water partition coefficient (Wildman–Crippen LogP) is 5.88. The molecular weight excluding hydrogens is 462 g/mol. The molecule has 2 aliphatic rings. The summed E-state index contributed by atoms with van der Waals surface area (Å²) in [6.07, 6.45) is 14.3. The predicted molar refractivity (Wildman–Crippen MR) is 143 cm³/mol. The molecule has 0 bridgehead atoms. The molecule has 3 rings (SSSR count). The van der Waals surface area contributed by atoms with Gasteiger partial charge in [-0.3, -0.25) is 9.59 Å². The number of nitrogens with one attached hydrogen (secondary N) is 1. The monoisotopic (exact) mass is 505 g/mol. The molecule has 5 nitrogen and oxygen atoms in total. The lowest BCUT2D eigenvalue weighted by molar-refractivity contribution is -0.126. The molecule has 3 atom stereocenters. The number of ketones is 1. The lowest BCUT2D eigenvalue weighted by Gasteiger charge is -2.26. The molecule has 1 N–H and O–H groups in total. The molecule has 0 spiro atoms. The Morgan fingerprint density at radius 1 is 1.22 bits per heavy atom. The average molecular weight is 506 g/mol. The highest BCUT2D eigenvalue weighted by molar-refractivity contribution is 7.99. The van der Waals surface area contributed by atoms with Gasteiger partial charge in [0.05, 0.1) is 23.4 Å². The number of thiol groups is 1. The number of amides is 1. The second kappa shape index (κ2) is 19.9. The van der Waals surface area contributed by atoms with Crippen LogP contribution in [0.15, 0.2) is 22.8 Å². The smallest absolute Gasteiger partial charge is 0.233 e. The van der Waals surface area contributed by atoms with Gasteiger partial charge in [0, 0.05) is 0 Å². The van der Waals surface area contributed by atoms with Gasteiger partial charge < -0.3 is 14.5 Å². The lowest BCUT2D eigenvalue weighted by atomic mass is 9.86. The molecule has 2 heterocycles. The number of rotatable bonds is 7. The van der Waals surface area contributed by atoms with E-state index >= 15 is 0 Å². The summed E-state index contributed by atoms with van der Waals surface area (Å²) in [6, 6.07) is 3.28. The molecule has 8 heteroatoms. The number of hydrogen-bond acceptors (Lipinski definition) is 7. The summed E-state index contributed by atoms with van der Waals surface area (Å²) < 4.78 is 10.7. The van der Waals surface area contributed by atoms with E-state index in [4.69, 9.17) is 9.15 Å². The molecule has 1 unspecified atom stereocenters. The van der Waals surface area contributed by atoms with Crippen LogP contribution in [0.3, 0.4) is 0 Å². The standard InChI is InChI=1S/C19H27NO4S.C2H6S.C2H6.CH4S/c1-13-18(16(21)11-24-13)20-19(22)17(10-14-6-3-2-4-7-14)25-12-15-8-5-9-23-15;1-3-2;2*1-2/h5,8-9,13-14,17-18H,2-4,6-7,10-12H2,1H3,(H,20,22);1-2H3;1-2H3;2H,1H3/t13-,17-,18?;;;/m0.../s1. The zero-order valence-corrected chi connectivity index (χ0v) is 23.1. The van der Waals surface area contributed by atoms with E-state index in [-0.39, 0.29) is 29.7 Å². The van der Waals surface area contributed by atoms with Crippen LogP contribution < -0.4 is 5.32 Å². The summed E-state index contributed by atoms with van der Waals surface area (Å²) in [5.41, 5.74) is 0. The first kappa shape index (κ1) is 31.4. The topological polar surface area (TPSA) is 68.5 Å². The molecule has 1 saturated carbocycles. The molecular formula is C24H43NO4S3. The van der Waals surface area contributed by atoms with Crippen LogP contribution in [-0.4, -0.2) is 54.5 Å². The molecule has 1 saturated heterocycles. The Kier molecular flexibility index (Phi) is 19.5. The largest absolute Gasteiger partial charge is 0.468 e. The second-order valence-corrected chi connectivity index (χ2v) is 9.50. The van der Waals surface area contributed by atoms with Gasteiger partial charge in [-0.2, -0.15) is 24.4 Å². The van der Waals surface area contributed by atoms with Crippen LogP contribution in [0, 0.1) is 5.92 Å². The summed E-state index contributed by atoms with van der Waals surface area (Å²) in [4.78, 5) is 24.8. The summed E-state index contributed by atoms with van der Waals surface area (Å²) in [6.45, 7) is 5.93. The van der Waals surface area contributed by atoms with Gasteiger partial charge >= 0.3 is 0 Å². The van der Waals surface area contributed by atoms with E-state index in [1.165, 1.54) is 32.1 Å². The third kappa shape index (κ3) is 12.1. The summed E-state index contributed by atoms with van der Waals surface area (Å²) in [5, 5.41) is 2.77. The van der Waals surface area contributed by atoms with E-state index in [2.05, 4.69) is 17.9 Å². The maximum atomic E-state index is 12.9. The Bertz CT molecular complexity index is 592. The van der Waals surface area contributed by atoms with Gasteiger partial charge in [-0.05, 0) is 50.2 Å². The van der Waals surface area contributed by atoms with Crippen molar-refractivity contribution in [3.63, 3.8) is 0 Å². The van der Waals surface area contributed by atoms with Crippen molar-refractivity contribution in [1.29, 1.82) is 0 Å². The van der Waals surface area contributed by atoms with E-state index in [1.807, 2.05) is 45.4 Å². The van der Waals surface area contributed by atoms with Crippen LogP contribution in [-0.2, 0) is 20.1 Å². The summed E-state index contributed by atoms with van der Waals surface area (Å²) >= 11 is 6.89. The van der Waals surface area contributed by atoms with Gasteiger partial charge in [0.25, 0.3) is 0 Å². The highest BCUT2D eigenvalue weighted by atomic mass is 32.2. The molecule has 32 heavy (non-hydrogen) atoms. The van der Waals surface area contributed by atoms with Crippen molar-refractivity contribution < 1.29 is 18.7 Å². The molecule has 1 amide bonds. The Morgan fingerprint density at radius 3 is 2.34 bits per heavy atom. The lowest BCUT2D eigenvalue weighted by Crippen LogP contribution is -2.47. The van der Waals surface area contributed by atoms with Gasteiger partial charge in [-0.15, -0.1) is 11.8 Å². The SMILES string of the molecule is CC.CS.CSC.C[C@@H]1OCC(=O)C1NC(=O)[C@H](CC1CCCCC1)SCc1ccco1. The Morgan fingerprint density at radius 2 is 1.84 bits per heavy atom. The third-order valence-electron chi connectivity index (χ3n) is 5.17. The molecule has 1 aromatic rings. The second-order valence-electron chi connectivity index (χ2n) is 7.50. The van der Waals surface area contributed by atoms with Gasteiger partial charge in [0.1, 0.15) is 18.4 Å². The highest BCUT2D eigenvalue weighted by Gasteiger charge is 2.36. The van der Waals surface area contributed by atoms with Crippen molar-refractivity contribution in [2.45, 2.75) is 82.4 Å². The fourth-order valence-corrected chi connectivity index (χ4v) is 4.82. The van der Waals surface area contributed by atoms with Crippen LogP contribution in [0.4, 0.5) is 0 Å². The van der Waals surface area contributed by atoms with Gasteiger partial charge in [-0.25, -0.2) is 0 Å².